The third-order valence-electron chi connectivity index (χ3n) is 3.90. The van der Waals surface area contributed by atoms with Gasteiger partial charge in [-0.3, -0.25) is 14.9 Å². The Hall–Kier alpha value is -3.75. The lowest BCUT2D eigenvalue weighted by Crippen LogP contribution is -2.21. The highest BCUT2D eigenvalue weighted by atomic mass is 16.6. The number of hydrogen-bond acceptors (Lipinski definition) is 7. The van der Waals surface area contributed by atoms with Gasteiger partial charge in [0.1, 0.15) is 0 Å². The molecule has 0 saturated heterocycles. The molecule has 0 radical (unpaired) electrons. The number of nitrogens with zero attached hydrogens (tertiary/aromatic N) is 1. The third-order valence-corrected chi connectivity index (χ3v) is 3.90. The van der Waals surface area contributed by atoms with E-state index in [0.29, 0.717) is 16.8 Å². The molecular weight excluding hydrogens is 368 g/mol. The molecule has 0 fully saturated rings. The lowest BCUT2D eigenvalue weighted by molar-refractivity contribution is -0.385. The van der Waals surface area contributed by atoms with Gasteiger partial charge in [-0.05, 0) is 43.7 Å². The molecule has 1 amide bonds. The molecule has 0 aromatic heterocycles. The van der Waals surface area contributed by atoms with Gasteiger partial charge in [0.05, 0.1) is 23.2 Å². The number of hydrogen-bond donors (Lipinski definition) is 1. The molecule has 0 aliphatic heterocycles. The van der Waals surface area contributed by atoms with Crippen molar-refractivity contribution in [2.24, 2.45) is 0 Å². The Balaban J connectivity index is 2.01. The number of esters is 2. The molecule has 2 aromatic carbocycles. The molecule has 9 heteroatoms. The molecule has 0 aliphatic carbocycles. The molecular formula is C19H18N2O7. The van der Waals surface area contributed by atoms with Crippen LogP contribution >= 0.6 is 0 Å². The molecule has 0 aliphatic rings. The van der Waals surface area contributed by atoms with E-state index >= 15 is 0 Å². The van der Waals surface area contributed by atoms with Crippen LogP contribution in [-0.4, -0.2) is 36.5 Å². The average Bonchev–Trinajstić information content (AvgIpc) is 2.66. The second kappa shape index (κ2) is 8.76. The Bertz CT molecular complexity index is 953. The number of rotatable bonds is 6. The van der Waals surface area contributed by atoms with Gasteiger partial charge in [-0.25, -0.2) is 9.59 Å². The van der Waals surface area contributed by atoms with Gasteiger partial charge in [-0.2, -0.15) is 0 Å². The number of nitro groups is 1. The van der Waals surface area contributed by atoms with E-state index in [4.69, 9.17) is 4.74 Å². The summed E-state index contributed by atoms with van der Waals surface area (Å²) in [7, 11) is 1.25. The maximum Gasteiger partial charge on any atom is 0.338 e. The first-order valence-corrected chi connectivity index (χ1v) is 8.14. The Morgan fingerprint density at radius 2 is 1.64 bits per heavy atom. The first kappa shape index (κ1) is 20.6. The second-order valence-electron chi connectivity index (χ2n) is 5.90. The minimum atomic E-state index is -0.784. The summed E-state index contributed by atoms with van der Waals surface area (Å²) in [5.41, 5.74) is 1.64. The van der Waals surface area contributed by atoms with Gasteiger partial charge in [0.25, 0.3) is 11.6 Å². The van der Waals surface area contributed by atoms with Crippen LogP contribution in [0, 0.1) is 24.0 Å². The Kier molecular flexibility index (Phi) is 6.43. The van der Waals surface area contributed by atoms with Gasteiger partial charge >= 0.3 is 11.9 Å². The predicted molar refractivity (Wildman–Crippen MR) is 99.3 cm³/mol. The van der Waals surface area contributed by atoms with Gasteiger partial charge in [0.15, 0.2) is 6.61 Å². The quantitative estimate of drug-likeness (QED) is 0.460. The van der Waals surface area contributed by atoms with Crippen molar-refractivity contribution in [3.63, 3.8) is 0 Å². The van der Waals surface area contributed by atoms with E-state index in [2.05, 4.69) is 10.1 Å². The molecule has 146 valence electrons. The zero-order valence-electron chi connectivity index (χ0n) is 15.5. The van der Waals surface area contributed by atoms with Crippen molar-refractivity contribution in [3.05, 3.63) is 68.8 Å². The number of benzene rings is 2. The summed E-state index contributed by atoms with van der Waals surface area (Å²) < 4.78 is 9.58. The second-order valence-corrected chi connectivity index (χ2v) is 5.90. The molecule has 0 spiro atoms. The molecule has 0 atom stereocenters. The maximum absolute atomic E-state index is 12.1. The van der Waals surface area contributed by atoms with Crippen LogP contribution in [0.3, 0.4) is 0 Å². The molecule has 28 heavy (non-hydrogen) atoms. The predicted octanol–water partition coefficient (Wildman–Crippen LogP) is 2.79. The average molecular weight is 386 g/mol. The topological polar surface area (TPSA) is 125 Å². The van der Waals surface area contributed by atoms with Crippen LogP contribution in [0.1, 0.15) is 31.8 Å². The monoisotopic (exact) mass is 386 g/mol. The van der Waals surface area contributed by atoms with Crippen molar-refractivity contribution in [2.45, 2.75) is 13.8 Å². The van der Waals surface area contributed by atoms with Crippen LogP contribution in [0.5, 0.6) is 0 Å². The SMILES string of the molecule is COC(=O)c1ccc(C)c(NC(=O)COC(=O)c2ccc([N+](=O)[O-])c(C)c2)c1. The fraction of sp³-hybridized carbons (Fsp3) is 0.211. The lowest BCUT2D eigenvalue weighted by atomic mass is 10.1. The fourth-order valence-electron chi connectivity index (χ4n) is 2.39. The van der Waals surface area contributed by atoms with Gasteiger partial charge in [0, 0.05) is 17.3 Å². The van der Waals surface area contributed by atoms with Crippen LogP contribution in [0.25, 0.3) is 0 Å². The van der Waals surface area contributed by atoms with E-state index in [1.165, 1.54) is 38.3 Å². The highest BCUT2D eigenvalue weighted by Crippen LogP contribution is 2.20. The minimum absolute atomic E-state index is 0.0970. The van der Waals surface area contributed by atoms with Crippen LogP contribution in [0.4, 0.5) is 11.4 Å². The zero-order valence-corrected chi connectivity index (χ0v) is 15.5. The third kappa shape index (κ3) is 4.91. The number of methoxy groups -OCH3 is 1. The summed E-state index contributed by atoms with van der Waals surface area (Å²) >= 11 is 0. The zero-order chi connectivity index (χ0) is 20.8. The number of anilines is 1. The van der Waals surface area contributed by atoms with Gasteiger partial charge in [-0.15, -0.1) is 0 Å². The number of aryl methyl sites for hydroxylation is 2. The molecule has 0 heterocycles. The number of ether oxygens (including phenoxy) is 2. The molecule has 1 N–H and O–H groups in total. The standard InChI is InChI=1S/C19H18N2O7/c1-11-4-5-14(18(23)27-3)9-15(11)20-17(22)10-28-19(24)13-6-7-16(21(25)26)12(2)8-13/h4-9H,10H2,1-3H3,(H,20,22). The molecule has 0 saturated carbocycles. The lowest BCUT2D eigenvalue weighted by Gasteiger charge is -2.10. The molecule has 0 bridgehead atoms. The summed E-state index contributed by atoms with van der Waals surface area (Å²) in [5.74, 6) is -1.93. The number of carbonyl (C=O) groups excluding carboxylic acids is 3. The van der Waals surface area contributed by atoms with Crippen molar-refractivity contribution in [1.29, 1.82) is 0 Å². The largest absolute Gasteiger partial charge is 0.465 e. The van der Waals surface area contributed by atoms with Crippen LogP contribution < -0.4 is 5.32 Å². The summed E-state index contributed by atoms with van der Waals surface area (Å²) in [5, 5.41) is 13.4. The van der Waals surface area contributed by atoms with Crippen molar-refractivity contribution in [1.82, 2.24) is 0 Å². The van der Waals surface area contributed by atoms with Gasteiger partial charge in [0.2, 0.25) is 0 Å². The van der Waals surface area contributed by atoms with E-state index in [1.807, 2.05) is 0 Å². The summed E-state index contributed by atoms with van der Waals surface area (Å²) in [6.07, 6.45) is 0. The summed E-state index contributed by atoms with van der Waals surface area (Å²) in [6.45, 7) is 2.68. The maximum atomic E-state index is 12.1. The van der Waals surface area contributed by atoms with E-state index in [0.717, 1.165) is 0 Å². The minimum Gasteiger partial charge on any atom is -0.465 e. The van der Waals surface area contributed by atoms with Crippen molar-refractivity contribution >= 4 is 29.2 Å². The highest BCUT2D eigenvalue weighted by molar-refractivity contribution is 5.97. The Morgan fingerprint density at radius 1 is 1.00 bits per heavy atom. The number of amides is 1. The van der Waals surface area contributed by atoms with Crippen molar-refractivity contribution in [3.8, 4) is 0 Å². The van der Waals surface area contributed by atoms with Gasteiger partial charge < -0.3 is 14.8 Å². The first-order valence-electron chi connectivity index (χ1n) is 8.14. The first-order chi connectivity index (χ1) is 13.2. The van der Waals surface area contributed by atoms with Crippen LogP contribution in [0.15, 0.2) is 36.4 Å². The molecule has 9 nitrogen and oxygen atoms in total. The van der Waals surface area contributed by atoms with Crippen molar-refractivity contribution < 1.29 is 28.8 Å². The molecule has 0 unspecified atom stereocenters. The van der Waals surface area contributed by atoms with E-state index in [9.17, 15) is 24.5 Å². The normalized spacial score (nSPS) is 10.1. The van der Waals surface area contributed by atoms with E-state index in [-0.39, 0.29) is 16.8 Å². The van der Waals surface area contributed by atoms with Crippen LogP contribution in [-0.2, 0) is 14.3 Å². The highest BCUT2D eigenvalue weighted by Gasteiger charge is 2.16. The number of nitrogens with one attached hydrogen (secondary N) is 1. The number of carbonyl (C=O) groups is 3. The fourth-order valence-corrected chi connectivity index (χ4v) is 2.39. The molecule has 2 aromatic rings. The number of nitro benzene ring substituents is 1. The van der Waals surface area contributed by atoms with Crippen LogP contribution in [0.2, 0.25) is 0 Å². The smallest absolute Gasteiger partial charge is 0.338 e. The molecule has 2 rings (SSSR count). The summed E-state index contributed by atoms with van der Waals surface area (Å²) in [6, 6.07) is 8.45. The van der Waals surface area contributed by atoms with E-state index in [1.54, 1.807) is 19.1 Å². The Morgan fingerprint density at radius 3 is 2.25 bits per heavy atom. The summed E-state index contributed by atoms with van der Waals surface area (Å²) in [4.78, 5) is 46.0. The Labute approximate surface area is 160 Å². The van der Waals surface area contributed by atoms with Gasteiger partial charge in [-0.1, -0.05) is 6.07 Å². The van der Waals surface area contributed by atoms with E-state index < -0.39 is 29.4 Å². The van der Waals surface area contributed by atoms with Crippen molar-refractivity contribution in [2.75, 3.05) is 19.0 Å².